The lowest BCUT2D eigenvalue weighted by atomic mass is 9.95. The fraction of sp³-hybridized carbons (Fsp3) is 0.258. The number of ketones is 1. The van der Waals surface area contributed by atoms with E-state index in [1.807, 2.05) is 76.2 Å². The van der Waals surface area contributed by atoms with E-state index in [9.17, 15) is 14.7 Å². The van der Waals surface area contributed by atoms with Crippen LogP contribution < -0.4 is 14.5 Å². The van der Waals surface area contributed by atoms with Gasteiger partial charge in [0.15, 0.2) is 5.13 Å². The van der Waals surface area contributed by atoms with E-state index in [0.29, 0.717) is 28.6 Å². The number of hydrogen-bond acceptors (Lipinski definition) is 7. The molecule has 0 bridgehead atoms. The van der Waals surface area contributed by atoms with Crippen molar-refractivity contribution in [3.63, 3.8) is 0 Å². The maximum atomic E-state index is 13.6. The van der Waals surface area contributed by atoms with Crippen molar-refractivity contribution in [2.75, 3.05) is 30.5 Å². The quantitative estimate of drug-likeness (QED) is 0.166. The molecule has 0 radical (unpaired) electrons. The number of Topliss-reactive ketones (excluding diaryl/α,β-unsaturated/α-hetero) is 1. The number of aromatic nitrogens is 1. The number of aliphatic hydroxyl groups excluding tert-OH is 1. The third kappa shape index (κ3) is 4.88. The lowest BCUT2D eigenvalue weighted by Crippen LogP contribution is -2.29. The van der Waals surface area contributed by atoms with Crippen molar-refractivity contribution in [3.05, 3.63) is 88.5 Å². The first-order valence-electron chi connectivity index (χ1n) is 12.9. The molecule has 1 aliphatic rings. The van der Waals surface area contributed by atoms with Crippen LogP contribution in [0.15, 0.2) is 66.2 Å². The SMILES string of the molecule is CCCOc1cccc(C(O)=C2C(=O)C(=O)N(c3nc4c(C)cc(C)cc4s3)C2c2ccc(N(C)C)cc2)c1. The molecule has 1 aliphatic heterocycles. The number of aliphatic hydroxyl groups is 1. The number of anilines is 2. The van der Waals surface area contributed by atoms with Crippen LogP contribution in [0, 0.1) is 13.8 Å². The summed E-state index contributed by atoms with van der Waals surface area (Å²) < 4.78 is 6.68. The molecule has 0 spiro atoms. The summed E-state index contributed by atoms with van der Waals surface area (Å²) in [4.78, 5) is 35.4. The molecule has 2 heterocycles. The number of nitrogens with zero attached hydrogens (tertiary/aromatic N) is 3. The number of hydrogen-bond donors (Lipinski definition) is 1. The van der Waals surface area contributed by atoms with E-state index in [2.05, 4.69) is 0 Å². The molecule has 0 saturated carbocycles. The van der Waals surface area contributed by atoms with Crippen molar-refractivity contribution < 1.29 is 19.4 Å². The van der Waals surface area contributed by atoms with Crippen LogP contribution in [0.4, 0.5) is 10.8 Å². The second-order valence-corrected chi connectivity index (χ2v) is 11.0. The molecule has 4 aromatic rings. The summed E-state index contributed by atoms with van der Waals surface area (Å²) in [6.45, 7) is 6.54. The van der Waals surface area contributed by atoms with E-state index in [4.69, 9.17) is 9.72 Å². The van der Waals surface area contributed by atoms with Gasteiger partial charge in [0.05, 0.1) is 28.4 Å². The molecule has 1 amide bonds. The second kappa shape index (κ2) is 10.5. The zero-order chi connectivity index (χ0) is 27.8. The average molecular weight is 542 g/mol. The van der Waals surface area contributed by atoms with Crippen LogP contribution in [0.2, 0.25) is 0 Å². The summed E-state index contributed by atoms with van der Waals surface area (Å²) in [7, 11) is 3.89. The molecule has 200 valence electrons. The predicted octanol–water partition coefficient (Wildman–Crippen LogP) is 6.39. The van der Waals surface area contributed by atoms with Crippen LogP contribution in [0.1, 0.15) is 41.6 Å². The number of ether oxygens (including phenoxy) is 1. The zero-order valence-corrected chi connectivity index (χ0v) is 23.5. The smallest absolute Gasteiger partial charge is 0.301 e. The third-order valence-electron chi connectivity index (χ3n) is 6.77. The Morgan fingerprint density at radius 2 is 1.82 bits per heavy atom. The highest BCUT2D eigenvalue weighted by atomic mass is 32.1. The van der Waals surface area contributed by atoms with Gasteiger partial charge in [-0.1, -0.05) is 48.6 Å². The van der Waals surface area contributed by atoms with Gasteiger partial charge in [0, 0.05) is 25.3 Å². The van der Waals surface area contributed by atoms with Gasteiger partial charge in [-0.3, -0.25) is 14.5 Å². The normalized spacial score (nSPS) is 16.7. The Morgan fingerprint density at radius 3 is 2.51 bits per heavy atom. The van der Waals surface area contributed by atoms with Crippen molar-refractivity contribution in [3.8, 4) is 5.75 Å². The monoisotopic (exact) mass is 541 g/mol. The van der Waals surface area contributed by atoms with Crippen LogP contribution in [-0.2, 0) is 9.59 Å². The molecule has 8 heteroatoms. The lowest BCUT2D eigenvalue weighted by Gasteiger charge is -2.23. The average Bonchev–Trinajstić information content (AvgIpc) is 3.45. The molecule has 1 N–H and O–H groups in total. The van der Waals surface area contributed by atoms with Crippen LogP contribution in [0.3, 0.4) is 0 Å². The number of amides is 1. The number of aryl methyl sites for hydroxylation is 2. The highest BCUT2D eigenvalue weighted by molar-refractivity contribution is 7.22. The van der Waals surface area contributed by atoms with E-state index in [-0.39, 0.29) is 11.3 Å². The molecule has 1 aromatic heterocycles. The number of rotatable bonds is 7. The minimum Gasteiger partial charge on any atom is -0.507 e. The van der Waals surface area contributed by atoms with Gasteiger partial charge in [0.25, 0.3) is 5.78 Å². The third-order valence-corrected chi connectivity index (χ3v) is 7.78. The topological polar surface area (TPSA) is 83.0 Å². The second-order valence-electron chi connectivity index (χ2n) is 9.96. The summed E-state index contributed by atoms with van der Waals surface area (Å²) in [5.41, 5.74) is 5.00. The molecule has 1 atom stereocenters. The maximum absolute atomic E-state index is 13.6. The summed E-state index contributed by atoms with van der Waals surface area (Å²) in [5, 5.41) is 11.9. The van der Waals surface area contributed by atoms with Gasteiger partial charge in [-0.25, -0.2) is 4.98 Å². The molecular weight excluding hydrogens is 510 g/mol. The predicted molar refractivity (Wildman–Crippen MR) is 157 cm³/mol. The molecule has 7 nitrogen and oxygen atoms in total. The number of carbonyl (C=O) groups excluding carboxylic acids is 2. The van der Waals surface area contributed by atoms with Crippen LogP contribution in [-0.4, -0.2) is 42.5 Å². The van der Waals surface area contributed by atoms with Crippen molar-refractivity contribution in [1.82, 2.24) is 4.98 Å². The van der Waals surface area contributed by atoms with E-state index in [0.717, 1.165) is 33.5 Å². The Labute approximate surface area is 232 Å². The minimum atomic E-state index is -0.844. The fourth-order valence-corrected chi connectivity index (χ4v) is 6.04. The number of thiazole rings is 1. The Morgan fingerprint density at radius 1 is 1.08 bits per heavy atom. The maximum Gasteiger partial charge on any atom is 0.301 e. The van der Waals surface area contributed by atoms with E-state index >= 15 is 0 Å². The first-order chi connectivity index (χ1) is 18.7. The summed E-state index contributed by atoms with van der Waals surface area (Å²) >= 11 is 1.37. The van der Waals surface area contributed by atoms with Gasteiger partial charge in [-0.2, -0.15) is 0 Å². The Balaban J connectivity index is 1.69. The molecule has 3 aromatic carbocycles. The molecule has 0 aliphatic carbocycles. The van der Waals surface area contributed by atoms with Crippen molar-refractivity contribution in [2.45, 2.75) is 33.2 Å². The first kappa shape index (κ1) is 26.4. The molecule has 5 rings (SSSR count). The van der Waals surface area contributed by atoms with Crippen molar-refractivity contribution in [1.29, 1.82) is 0 Å². The largest absolute Gasteiger partial charge is 0.507 e. The number of benzene rings is 3. The number of carbonyl (C=O) groups is 2. The summed E-state index contributed by atoms with van der Waals surface area (Å²) in [5.74, 6) is -1.13. The van der Waals surface area contributed by atoms with E-state index in [1.54, 1.807) is 24.3 Å². The van der Waals surface area contributed by atoms with Crippen molar-refractivity contribution >= 4 is 49.8 Å². The van der Waals surface area contributed by atoms with E-state index in [1.165, 1.54) is 16.2 Å². The Bertz CT molecular complexity index is 1600. The standard InChI is InChI=1S/C31H31N3O4S/c1-6-14-38-23-9-7-8-21(17-23)28(35)25-27(20-10-12-22(13-11-20)33(4)5)34(30(37)29(25)36)31-32-26-19(3)15-18(2)16-24(26)39-31/h7-13,15-17,27,35H,6,14H2,1-5H3. The first-order valence-corrected chi connectivity index (χ1v) is 13.7. The van der Waals surface area contributed by atoms with Gasteiger partial charge in [0.2, 0.25) is 0 Å². The summed E-state index contributed by atoms with van der Waals surface area (Å²) in [6, 6.07) is 17.8. The highest BCUT2D eigenvalue weighted by Gasteiger charge is 2.48. The molecule has 1 fully saturated rings. The van der Waals surface area contributed by atoms with Gasteiger partial charge in [-0.05, 0) is 67.3 Å². The van der Waals surface area contributed by atoms with Crippen molar-refractivity contribution in [2.24, 2.45) is 0 Å². The lowest BCUT2D eigenvalue weighted by molar-refractivity contribution is -0.132. The molecule has 1 unspecified atom stereocenters. The van der Waals surface area contributed by atoms with E-state index < -0.39 is 17.7 Å². The Kier molecular flexibility index (Phi) is 7.14. The number of fused-ring (bicyclic) bond motifs is 1. The highest BCUT2D eigenvalue weighted by Crippen LogP contribution is 2.45. The zero-order valence-electron chi connectivity index (χ0n) is 22.7. The Hall–Kier alpha value is -4.17. The van der Waals surface area contributed by atoms with Gasteiger partial charge in [0.1, 0.15) is 11.5 Å². The molecule has 39 heavy (non-hydrogen) atoms. The fourth-order valence-electron chi connectivity index (χ4n) is 4.87. The van der Waals surface area contributed by atoms with Crippen LogP contribution >= 0.6 is 11.3 Å². The summed E-state index contributed by atoms with van der Waals surface area (Å²) in [6.07, 6.45) is 0.839. The van der Waals surface area contributed by atoms with Crippen LogP contribution in [0.25, 0.3) is 16.0 Å². The molecular formula is C31H31N3O4S. The van der Waals surface area contributed by atoms with Gasteiger partial charge < -0.3 is 14.7 Å². The van der Waals surface area contributed by atoms with Gasteiger partial charge >= 0.3 is 5.91 Å². The minimum absolute atomic E-state index is 0.0254. The van der Waals surface area contributed by atoms with Gasteiger partial charge in [-0.15, -0.1) is 0 Å². The molecule has 1 saturated heterocycles. The van der Waals surface area contributed by atoms with Crippen LogP contribution in [0.5, 0.6) is 5.75 Å².